The molecule has 0 bridgehead atoms. The number of nitrogens with one attached hydrogen (secondary N) is 1. The van der Waals surface area contributed by atoms with Crippen molar-refractivity contribution in [3.05, 3.63) is 40.0 Å². The highest BCUT2D eigenvalue weighted by molar-refractivity contribution is 7.19. The predicted molar refractivity (Wildman–Crippen MR) is 131 cm³/mol. The third kappa shape index (κ3) is 3.66. The Hall–Kier alpha value is -3.00. The molecule has 1 aliphatic carbocycles. The molecule has 1 fully saturated rings. The Bertz CT molecular complexity index is 1260. The molecule has 2 aliphatic heterocycles. The Morgan fingerprint density at radius 2 is 2.09 bits per heavy atom. The third-order valence-electron chi connectivity index (χ3n) is 7.07. The lowest BCUT2D eigenvalue weighted by molar-refractivity contribution is -0.136. The number of hydrogen-bond acceptors (Lipinski definition) is 7. The van der Waals surface area contributed by atoms with Crippen molar-refractivity contribution in [3.8, 4) is 5.75 Å². The molecular weight excluding hydrogens is 434 g/mol. The van der Waals surface area contributed by atoms with Gasteiger partial charge in [-0.2, -0.15) is 0 Å². The number of fused-ring (bicyclic) bond motifs is 4. The quantitative estimate of drug-likeness (QED) is 0.619. The highest BCUT2D eigenvalue weighted by Crippen LogP contribution is 2.42. The Morgan fingerprint density at radius 1 is 1.21 bits per heavy atom. The zero-order valence-electron chi connectivity index (χ0n) is 18.8. The number of rotatable bonds is 4. The maximum absolute atomic E-state index is 13.1. The van der Waals surface area contributed by atoms with Gasteiger partial charge in [0.2, 0.25) is 5.91 Å². The highest BCUT2D eigenvalue weighted by atomic mass is 32.1. The second-order valence-electron chi connectivity index (χ2n) is 9.08. The van der Waals surface area contributed by atoms with E-state index in [4.69, 9.17) is 4.74 Å². The average Bonchev–Trinajstić information content (AvgIpc) is 3.47. The van der Waals surface area contributed by atoms with Crippen molar-refractivity contribution in [3.63, 3.8) is 0 Å². The molecule has 3 aliphatic rings. The summed E-state index contributed by atoms with van der Waals surface area (Å²) >= 11 is 1.71. The van der Waals surface area contributed by atoms with Gasteiger partial charge in [-0.25, -0.2) is 9.97 Å². The van der Waals surface area contributed by atoms with Crippen LogP contribution in [-0.4, -0.2) is 47.2 Å². The monoisotopic (exact) mass is 461 g/mol. The van der Waals surface area contributed by atoms with Crippen LogP contribution in [0.4, 0.5) is 11.5 Å². The minimum absolute atomic E-state index is 0.0872. The van der Waals surface area contributed by atoms with Crippen LogP contribution in [0.25, 0.3) is 10.2 Å². The first-order valence-corrected chi connectivity index (χ1v) is 12.5. The highest BCUT2D eigenvalue weighted by Gasteiger charge is 2.32. The van der Waals surface area contributed by atoms with Gasteiger partial charge in [0.25, 0.3) is 0 Å². The van der Waals surface area contributed by atoms with Crippen LogP contribution in [-0.2, 0) is 24.2 Å². The minimum Gasteiger partial charge on any atom is -0.495 e. The molecular formula is C25H27N5O2S. The fraction of sp³-hybridized carbons (Fsp3) is 0.440. The summed E-state index contributed by atoms with van der Waals surface area (Å²) in [6, 6.07) is 4.12. The maximum Gasteiger partial charge on any atom is 0.226 e. The molecule has 0 spiro atoms. The standard InChI is InChI=1S/C25H27N5O2S/c1-32-20-10-17-13-26-12-16(17)9-19(20)29-23-22-18-6-5-15(25(31)30-7-3-2-4-8-30)11-21(18)33-24(22)28-14-27-23/h9-10,12,14-15H,2-8,11,13H2,1H3,(H,27,28,29). The number of thiophene rings is 1. The van der Waals surface area contributed by atoms with Crippen LogP contribution in [0.1, 0.15) is 47.3 Å². The third-order valence-corrected chi connectivity index (χ3v) is 8.23. The zero-order chi connectivity index (χ0) is 22.4. The lowest BCUT2D eigenvalue weighted by atomic mass is 9.86. The predicted octanol–water partition coefficient (Wildman–Crippen LogP) is 4.49. The Kier molecular flexibility index (Phi) is 5.25. The number of anilines is 2. The van der Waals surface area contributed by atoms with Crippen LogP contribution < -0.4 is 10.1 Å². The molecule has 0 saturated carbocycles. The number of carbonyl (C=O) groups is 1. The normalized spacial score (nSPS) is 19.4. The molecule has 6 rings (SSSR count). The van der Waals surface area contributed by atoms with E-state index in [0.717, 1.165) is 78.2 Å². The minimum atomic E-state index is 0.0872. The van der Waals surface area contributed by atoms with Gasteiger partial charge < -0.3 is 15.0 Å². The lowest BCUT2D eigenvalue weighted by Gasteiger charge is -2.32. The number of ether oxygens (including phenoxy) is 1. The Labute approximate surface area is 196 Å². The number of likely N-dealkylation sites (tertiary alicyclic amines) is 1. The van der Waals surface area contributed by atoms with Gasteiger partial charge >= 0.3 is 0 Å². The fourth-order valence-electron chi connectivity index (χ4n) is 5.32. The van der Waals surface area contributed by atoms with Crippen LogP contribution in [0.5, 0.6) is 5.75 Å². The average molecular weight is 462 g/mol. The molecule has 0 radical (unpaired) electrons. The smallest absolute Gasteiger partial charge is 0.226 e. The summed E-state index contributed by atoms with van der Waals surface area (Å²) in [7, 11) is 1.68. The largest absolute Gasteiger partial charge is 0.495 e. The number of aromatic nitrogens is 2. The van der Waals surface area contributed by atoms with Crippen LogP contribution in [0.3, 0.4) is 0 Å². The van der Waals surface area contributed by atoms with Crippen molar-refractivity contribution in [1.29, 1.82) is 0 Å². The molecule has 1 aromatic carbocycles. The molecule has 2 aromatic heterocycles. The summed E-state index contributed by atoms with van der Waals surface area (Å²) in [6.07, 6.45) is 9.61. The van der Waals surface area contributed by atoms with Crippen LogP contribution in [0, 0.1) is 5.92 Å². The van der Waals surface area contributed by atoms with Gasteiger partial charge in [0.05, 0.1) is 24.7 Å². The van der Waals surface area contributed by atoms with Gasteiger partial charge in [0.15, 0.2) is 0 Å². The number of carbonyl (C=O) groups excluding carboxylic acids is 1. The van der Waals surface area contributed by atoms with Gasteiger partial charge in [-0.15, -0.1) is 11.3 Å². The first kappa shape index (κ1) is 20.6. The molecule has 1 amide bonds. The molecule has 1 N–H and O–H groups in total. The number of hydrogen-bond donors (Lipinski definition) is 1. The molecule has 1 atom stereocenters. The van der Waals surface area contributed by atoms with E-state index in [-0.39, 0.29) is 5.92 Å². The van der Waals surface area contributed by atoms with E-state index in [1.807, 2.05) is 12.3 Å². The summed E-state index contributed by atoms with van der Waals surface area (Å²) < 4.78 is 5.65. The van der Waals surface area contributed by atoms with Crippen LogP contribution in [0.2, 0.25) is 0 Å². The summed E-state index contributed by atoms with van der Waals surface area (Å²) in [5.41, 5.74) is 4.44. The van der Waals surface area contributed by atoms with Crippen molar-refractivity contribution in [1.82, 2.24) is 14.9 Å². The summed E-state index contributed by atoms with van der Waals surface area (Å²) in [4.78, 5) is 31.0. The van der Waals surface area contributed by atoms with Gasteiger partial charge in [0.1, 0.15) is 22.7 Å². The van der Waals surface area contributed by atoms with E-state index in [1.54, 1.807) is 24.8 Å². The van der Waals surface area contributed by atoms with Crippen molar-refractivity contribution in [2.75, 3.05) is 25.5 Å². The van der Waals surface area contributed by atoms with Gasteiger partial charge in [-0.3, -0.25) is 9.79 Å². The molecule has 1 saturated heterocycles. The molecule has 33 heavy (non-hydrogen) atoms. The number of aliphatic imine (C=N–C) groups is 1. The number of benzene rings is 1. The van der Waals surface area contributed by atoms with Crippen LogP contribution >= 0.6 is 11.3 Å². The Balaban J connectivity index is 1.31. The fourth-order valence-corrected chi connectivity index (χ4v) is 6.59. The van der Waals surface area contributed by atoms with Gasteiger partial charge in [-0.1, -0.05) is 0 Å². The summed E-state index contributed by atoms with van der Waals surface area (Å²) in [5.74, 6) is 2.00. The zero-order valence-corrected chi connectivity index (χ0v) is 19.6. The molecule has 170 valence electrons. The van der Waals surface area contributed by atoms with E-state index in [1.165, 1.54) is 22.4 Å². The Morgan fingerprint density at radius 3 is 2.94 bits per heavy atom. The first-order valence-electron chi connectivity index (χ1n) is 11.7. The number of methoxy groups -OCH3 is 1. The second kappa shape index (κ2) is 8.41. The van der Waals surface area contributed by atoms with E-state index in [9.17, 15) is 4.79 Å². The van der Waals surface area contributed by atoms with E-state index < -0.39 is 0 Å². The molecule has 3 aromatic rings. The molecule has 7 nitrogen and oxygen atoms in total. The first-order chi connectivity index (χ1) is 16.2. The number of piperidine rings is 1. The van der Waals surface area contributed by atoms with Crippen molar-refractivity contribution < 1.29 is 9.53 Å². The van der Waals surface area contributed by atoms with Crippen molar-refractivity contribution in [2.24, 2.45) is 10.9 Å². The van der Waals surface area contributed by atoms with E-state index in [2.05, 4.69) is 31.2 Å². The number of nitrogens with zero attached hydrogens (tertiary/aromatic N) is 4. The lowest BCUT2D eigenvalue weighted by Crippen LogP contribution is -2.41. The second-order valence-corrected chi connectivity index (χ2v) is 10.2. The maximum atomic E-state index is 13.1. The number of aryl methyl sites for hydroxylation is 1. The van der Waals surface area contributed by atoms with E-state index >= 15 is 0 Å². The van der Waals surface area contributed by atoms with Crippen LogP contribution in [0.15, 0.2) is 23.5 Å². The molecule has 4 heterocycles. The number of amides is 1. The topological polar surface area (TPSA) is 79.7 Å². The summed E-state index contributed by atoms with van der Waals surface area (Å²) in [6.45, 7) is 2.53. The van der Waals surface area contributed by atoms with Gasteiger partial charge in [-0.05, 0) is 67.3 Å². The SMILES string of the molecule is COc1cc2c(cc1Nc1ncnc3sc4c(c13)CCC(C(=O)N1CCCCC1)C4)C=NC2. The van der Waals surface area contributed by atoms with Crippen molar-refractivity contribution >= 4 is 45.2 Å². The van der Waals surface area contributed by atoms with Crippen molar-refractivity contribution in [2.45, 2.75) is 45.1 Å². The summed E-state index contributed by atoms with van der Waals surface area (Å²) in [5, 5.41) is 4.59. The molecule has 1 unspecified atom stereocenters. The van der Waals surface area contributed by atoms with E-state index in [0.29, 0.717) is 12.5 Å². The van der Waals surface area contributed by atoms with Gasteiger partial charge in [0, 0.05) is 30.1 Å². The molecule has 8 heteroatoms.